The number of pyridine rings is 2. The molecule has 0 aliphatic rings. The minimum atomic E-state index is -3.70. The van der Waals surface area contributed by atoms with Crippen molar-refractivity contribution in [1.82, 2.24) is 30.1 Å². The number of anilines is 1. The highest BCUT2D eigenvalue weighted by molar-refractivity contribution is 7.90. The van der Waals surface area contributed by atoms with E-state index in [4.69, 9.17) is 5.73 Å². The first kappa shape index (κ1) is 30.0. The van der Waals surface area contributed by atoms with Crippen molar-refractivity contribution in [1.29, 1.82) is 0 Å². The maximum atomic E-state index is 16.2. The van der Waals surface area contributed by atoms with Crippen molar-refractivity contribution in [3.8, 4) is 33.9 Å². The first-order chi connectivity index (χ1) is 21.2. The van der Waals surface area contributed by atoms with Crippen LogP contribution in [0, 0.1) is 17.0 Å². The maximum Gasteiger partial charge on any atom is 0.229 e. The molecule has 0 spiro atoms. The van der Waals surface area contributed by atoms with Crippen LogP contribution in [0.4, 0.5) is 14.5 Å². The van der Waals surface area contributed by atoms with Gasteiger partial charge < -0.3 is 16.0 Å². The SMILES string of the molecule is CC(C)(C)C(=O)Nc1cncc(-c2ccc3[nH]nc(-c4nc5c(-c6cc(F)cc(C(N)S(C)(=O)=O)c6)nccc5[nH]4)c3c2F)c1. The van der Waals surface area contributed by atoms with Crippen LogP contribution in [0.5, 0.6) is 0 Å². The smallest absolute Gasteiger partial charge is 0.229 e. The molecule has 1 atom stereocenters. The number of aromatic amines is 2. The number of hydrogen-bond acceptors (Lipinski definition) is 8. The fourth-order valence-electron chi connectivity index (χ4n) is 4.86. The van der Waals surface area contributed by atoms with E-state index in [0.717, 1.165) is 12.3 Å². The first-order valence-corrected chi connectivity index (χ1v) is 15.7. The van der Waals surface area contributed by atoms with Crippen LogP contribution in [0.1, 0.15) is 31.7 Å². The number of H-pyrrole nitrogens is 2. The Labute approximate surface area is 256 Å². The van der Waals surface area contributed by atoms with Crippen molar-refractivity contribution in [3.05, 3.63) is 78.3 Å². The Morgan fingerprint density at radius 2 is 1.78 bits per heavy atom. The Morgan fingerprint density at radius 3 is 2.51 bits per heavy atom. The number of nitrogens with zero attached hydrogens (tertiary/aromatic N) is 4. The largest absolute Gasteiger partial charge is 0.336 e. The highest BCUT2D eigenvalue weighted by Gasteiger charge is 2.24. The van der Waals surface area contributed by atoms with Crippen LogP contribution in [0.2, 0.25) is 0 Å². The molecule has 0 saturated heterocycles. The van der Waals surface area contributed by atoms with E-state index in [2.05, 4.69) is 35.5 Å². The second kappa shape index (κ2) is 10.8. The van der Waals surface area contributed by atoms with Gasteiger partial charge >= 0.3 is 0 Å². The zero-order chi connectivity index (χ0) is 32.3. The molecule has 1 amide bonds. The van der Waals surface area contributed by atoms with Gasteiger partial charge in [-0.2, -0.15) is 5.10 Å². The number of rotatable bonds is 6. The number of nitrogens with one attached hydrogen (secondary N) is 3. The topological polar surface area (TPSA) is 172 Å². The van der Waals surface area contributed by atoms with Crippen molar-refractivity contribution < 1.29 is 22.0 Å². The lowest BCUT2D eigenvalue weighted by Crippen LogP contribution is -2.27. The molecule has 0 aliphatic carbocycles. The molecular weight excluding hydrogens is 602 g/mol. The Hall–Kier alpha value is -5.08. The molecule has 6 rings (SSSR count). The highest BCUT2D eigenvalue weighted by atomic mass is 32.2. The third-order valence-electron chi connectivity index (χ3n) is 7.26. The summed E-state index contributed by atoms with van der Waals surface area (Å²) in [7, 11) is -3.70. The van der Waals surface area contributed by atoms with Crippen LogP contribution in [0.3, 0.4) is 0 Å². The second-order valence-corrected chi connectivity index (χ2v) is 13.9. The standard InChI is InChI=1S/C31H28F2N8O3S/c1-31(2,3)30(42)37-19-12-17(13-35-14-19)20-5-6-21-23(24(20)33)27(41-40-21)29-38-22-7-8-36-25(26(22)39-29)15-9-16(11-18(32)10-15)28(34)45(4,43)44/h5-14,28H,34H2,1-4H3,(H,37,42)(H,38,39)(H,40,41). The Morgan fingerprint density at radius 1 is 1.00 bits per heavy atom. The average Bonchev–Trinajstić information content (AvgIpc) is 3.60. The average molecular weight is 631 g/mol. The number of carbonyl (C=O) groups is 1. The summed E-state index contributed by atoms with van der Waals surface area (Å²) in [4.78, 5) is 28.8. The molecule has 4 heterocycles. The molecule has 0 aliphatic heterocycles. The lowest BCUT2D eigenvalue weighted by Gasteiger charge is -2.17. The molecule has 14 heteroatoms. The third kappa shape index (κ3) is 5.65. The van der Waals surface area contributed by atoms with E-state index in [9.17, 15) is 17.6 Å². The number of nitrogens with two attached hydrogens (primary N) is 1. The summed E-state index contributed by atoms with van der Waals surface area (Å²) in [5, 5.41) is 8.70. The van der Waals surface area contributed by atoms with Gasteiger partial charge in [0.05, 0.1) is 34.0 Å². The minimum Gasteiger partial charge on any atom is -0.336 e. The van der Waals surface area contributed by atoms with Crippen LogP contribution >= 0.6 is 0 Å². The Kier molecular flexibility index (Phi) is 7.21. The van der Waals surface area contributed by atoms with Gasteiger partial charge in [0.25, 0.3) is 0 Å². The van der Waals surface area contributed by atoms with Crippen molar-refractivity contribution >= 4 is 43.4 Å². The number of amides is 1. The van der Waals surface area contributed by atoms with E-state index in [1.807, 2.05) is 0 Å². The molecule has 0 radical (unpaired) electrons. The van der Waals surface area contributed by atoms with Crippen LogP contribution in [-0.4, -0.2) is 50.7 Å². The lowest BCUT2D eigenvalue weighted by molar-refractivity contribution is -0.123. The second-order valence-electron chi connectivity index (χ2n) is 11.8. The molecule has 45 heavy (non-hydrogen) atoms. The van der Waals surface area contributed by atoms with E-state index in [-0.39, 0.29) is 45.2 Å². The summed E-state index contributed by atoms with van der Waals surface area (Å²) in [6.07, 6.45) is 5.45. The molecule has 0 saturated carbocycles. The summed E-state index contributed by atoms with van der Waals surface area (Å²) >= 11 is 0. The number of fused-ring (bicyclic) bond motifs is 2. The van der Waals surface area contributed by atoms with Gasteiger partial charge in [-0.25, -0.2) is 22.2 Å². The van der Waals surface area contributed by atoms with Crippen LogP contribution < -0.4 is 11.1 Å². The van der Waals surface area contributed by atoms with E-state index >= 15 is 4.39 Å². The molecule has 2 aromatic carbocycles. The predicted molar refractivity (Wildman–Crippen MR) is 167 cm³/mol. The van der Waals surface area contributed by atoms with Crippen LogP contribution in [0.25, 0.3) is 55.8 Å². The molecule has 11 nitrogen and oxygen atoms in total. The summed E-state index contributed by atoms with van der Waals surface area (Å²) in [6, 6.07) is 10.3. The Balaban J connectivity index is 1.43. The van der Waals surface area contributed by atoms with Crippen molar-refractivity contribution in [2.45, 2.75) is 26.1 Å². The molecule has 6 aromatic rings. The summed E-state index contributed by atoms with van der Waals surface area (Å²) in [5.41, 5.74) is 8.37. The molecule has 1 unspecified atom stereocenters. The number of carbonyl (C=O) groups excluding carboxylic acids is 1. The van der Waals surface area contributed by atoms with Gasteiger partial charge in [-0.15, -0.1) is 0 Å². The maximum absolute atomic E-state index is 16.2. The van der Waals surface area contributed by atoms with Gasteiger partial charge in [-0.3, -0.25) is 19.9 Å². The third-order valence-corrected chi connectivity index (χ3v) is 8.46. The van der Waals surface area contributed by atoms with Crippen LogP contribution in [0.15, 0.2) is 61.1 Å². The lowest BCUT2D eigenvalue weighted by atomic mass is 9.95. The van der Waals surface area contributed by atoms with Gasteiger partial charge in [0.1, 0.15) is 28.2 Å². The van der Waals surface area contributed by atoms with Crippen LogP contribution in [-0.2, 0) is 14.6 Å². The number of halogens is 2. The molecule has 230 valence electrons. The van der Waals surface area contributed by atoms with Crippen molar-refractivity contribution in [2.75, 3.05) is 11.6 Å². The number of sulfone groups is 1. The van der Waals surface area contributed by atoms with Crippen molar-refractivity contribution in [3.63, 3.8) is 0 Å². The summed E-state index contributed by atoms with van der Waals surface area (Å²) < 4.78 is 55.0. The Bertz CT molecular complexity index is 2240. The van der Waals surface area contributed by atoms with E-state index in [0.29, 0.717) is 27.8 Å². The fraction of sp³-hybridized carbons (Fsp3) is 0.194. The monoisotopic (exact) mass is 630 g/mol. The summed E-state index contributed by atoms with van der Waals surface area (Å²) in [5.74, 6) is -1.27. The first-order valence-electron chi connectivity index (χ1n) is 13.7. The van der Waals surface area contributed by atoms with E-state index in [1.54, 1.807) is 45.0 Å². The minimum absolute atomic E-state index is 0.0616. The van der Waals surface area contributed by atoms with Gasteiger partial charge in [0.15, 0.2) is 15.7 Å². The van der Waals surface area contributed by atoms with Gasteiger partial charge in [-0.1, -0.05) is 20.8 Å². The zero-order valence-electron chi connectivity index (χ0n) is 24.6. The van der Waals surface area contributed by atoms with E-state index < -0.39 is 32.3 Å². The predicted octanol–water partition coefficient (Wildman–Crippen LogP) is 5.49. The highest BCUT2D eigenvalue weighted by Crippen LogP contribution is 2.36. The van der Waals surface area contributed by atoms with Gasteiger partial charge in [0.2, 0.25) is 5.91 Å². The number of aromatic nitrogens is 6. The fourth-order valence-corrected chi connectivity index (χ4v) is 5.49. The van der Waals surface area contributed by atoms with E-state index in [1.165, 1.54) is 30.7 Å². The number of imidazole rings is 1. The molecule has 5 N–H and O–H groups in total. The number of hydrogen-bond donors (Lipinski definition) is 4. The van der Waals surface area contributed by atoms with Crippen molar-refractivity contribution in [2.24, 2.45) is 11.1 Å². The number of benzene rings is 2. The van der Waals surface area contributed by atoms with Gasteiger partial charge in [-0.05, 0) is 48.0 Å². The normalized spacial score (nSPS) is 13.0. The zero-order valence-corrected chi connectivity index (χ0v) is 25.4. The molecule has 0 bridgehead atoms. The molecular formula is C31H28F2N8O3S. The van der Waals surface area contributed by atoms with Gasteiger partial charge in [0, 0.05) is 40.8 Å². The summed E-state index contributed by atoms with van der Waals surface area (Å²) in [6.45, 7) is 5.36. The molecule has 0 fully saturated rings. The molecule has 4 aromatic heterocycles. The quantitative estimate of drug-likeness (QED) is 0.187.